The summed E-state index contributed by atoms with van der Waals surface area (Å²) in [7, 11) is 0. The number of aliphatic carboxylic acids is 1. The van der Waals surface area contributed by atoms with Gasteiger partial charge in [0.1, 0.15) is 0 Å². The normalized spacial score (nSPS) is 13.6. The van der Waals surface area contributed by atoms with Crippen LogP contribution in [-0.4, -0.2) is 23.0 Å². The van der Waals surface area contributed by atoms with Crippen molar-refractivity contribution >= 4 is 11.9 Å². The molecule has 0 radical (unpaired) electrons. The van der Waals surface area contributed by atoms with Crippen LogP contribution >= 0.6 is 0 Å². The van der Waals surface area contributed by atoms with Crippen LogP contribution in [0.3, 0.4) is 0 Å². The summed E-state index contributed by atoms with van der Waals surface area (Å²) in [5, 5.41) is 11.7. The fraction of sp³-hybridized carbons (Fsp3) is 0.429. The van der Waals surface area contributed by atoms with Gasteiger partial charge in [0.2, 0.25) is 5.91 Å². The van der Waals surface area contributed by atoms with Crippen molar-refractivity contribution in [2.75, 3.05) is 0 Å². The molecule has 4 N–H and O–H groups in total. The fourth-order valence-corrected chi connectivity index (χ4v) is 1.86. The first-order chi connectivity index (χ1) is 9.04. The van der Waals surface area contributed by atoms with Gasteiger partial charge in [-0.05, 0) is 12.0 Å². The number of amides is 1. The number of nitrogens with two attached hydrogens (primary N) is 1. The molecule has 0 heterocycles. The number of carbonyl (C=O) groups is 2. The van der Waals surface area contributed by atoms with Gasteiger partial charge in [0, 0.05) is 12.5 Å². The smallest absolute Gasteiger partial charge is 0.330 e. The standard InChI is InChI=1S/C14H20N2O3/c1-2-6-11(15)9-12(17)16-13(14(18)19)10-7-4-3-5-8-10/h3-5,7-8,11,13H,2,6,9,15H2,1H3,(H,16,17)(H,18,19)/t11?,13-/m1/s1. The average Bonchev–Trinajstić information content (AvgIpc) is 2.37. The van der Waals surface area contributed by atoms with Crippen LogP contribution in [0.5, 0.6) is 0 Å². The predicted molar refractivity (Wildman–Crippen MR) is 72.5 cm³/mol. The highest BCUT2D eigenvalue weighted by Gasteiger charge is 2.22. The van der Waals surface area contributed by atoms with E-state index in [1.165, 1.54) is 0 Å². The Morgan fingerprint density at radius 3 is 2.47 bits per heavy atom. The van der Waals surface area contributed by atoms with Crippen LogP contribution in [0.15, 0.2) is 30.3 Å². The third-order valence-corrected chi connectivity index (χ3v) is 2.79. The summed E-state index contributed by atoms with van der Waals surface area (Å²) in [6, 6.07) is 7.36. The minimum atomic E-state index is -1.08. The van der Waals surface area contributed by atoms with E-state index < -0.39 is 12.0 Å². The molecule has 1 rings (SSSR count). The quantitative estimate of drug-likeness (QED) is 0.695. The van der Waals surface area contributed by atoms with E-state index in [2.05, 4.69) is 5.32 Å². The Labute approximate surface area is 112 Å². The molecule has 5 nitrogen and oxygen atoms in total. The number of carbonyl (C=O) groups excluding carboxylic acids is 1. The molecule has 0 aliphatic rings. The zero-order chi connectivity index (χ0) is 14.3. The van der Waals surface area contributed by atoms with Gasteiger partial charge in [-0.15, -0.1) is 0 Å². The SMILES string of the molecule is CCCC(N)CC(=O)N[C@@H](C(=O)O)c1ccccc1. The molecular weight excluding hydrogens is 244 g/mol. The van der Waals surface area contributed by atoms with E-state index >= 15 is 0 Å². The summed E-state index contributed by atoms with van der Waals surface area (Å²) in [5.41, 5.74) is 6.32. The van der Waals surface area contributed by atoms with Gasteiger partial charge in [0.15, 0.2) is 6.04 Å². The maximum absolute atomic E-state index is 11.8. The fourth-order valence-electron chi connectivity index (χ4n) is 1.86. The van der Waals surface area contributed by atoms with Crippen LogP contribution in [0.25, 0.3) is 0 Å². The number of carboxylic acid groups (broad SMARTS) is 1. The molecule has 1 aromatic rings. The molecule has 0 fully saturated rings. The molecule has 1 aromatic carbocycles. The number of rotatable bonds is 7. The van der Waals surface area contributed by atoms with Gasteiger partial charge in [-0.2, -0.15) is 0 Å². The Morgan fingerprint density at radius 1 is 1.32 bits per heavy atom. The highest BCUT2D eigenvalue weighted by atomic mass is 16.4. The Hall–Kier alpha value is -1.88. The summed E-state index contributed by atoms with van der Waals surface area (Å²) in [4.78, 5) is 23.0. The number of nitrogens with one attached hydrogen (secondary N) is 1. The van der Waals surface area contributed by atoms with Crippen molar-refractivity contribution in [1.29, 1.82) is 0 Å². The summed E-state index contributed by atoms with van der Waals surface area (Å²) in [6.07, 6.45) is 1.79. The lowest BCUT2D eigenvalue weighted by molar-refractivity contribution is -0.142. The molecule has 104 valence electrons. The second kappa shape index (κ2) is 7.53. The zero-order valence-electron chi connectivity index (χ0n) is 11.0. The molecule has 1 unspecified atom stereocenters. The molecule has 2 atom stereocenters. The summed E-state index contributed by atoms with van der Waals surface area (Å²) >= 11 is 0. The monoisotopic (exact) mass is 264 g/mol. The second-order valence-corrected chi connectivity index (χ2v) is 4.50. The molecule has 0 saturated carbocycles. The highest BCUT2D eigenvalue weighted by molar-refractivity contribution is 5.84. The van der Waals surface area contributed by atoms with Crippen molar-refractivity contribution in [3.8, 4) is 0 Å². The van der Waals surface area contributed by atoms with Crippen molar-refractivity contribution in [1.82, 2.24) is 5.32 Å². The van der Waals surface area contributed by atoms with Crippen molar-refractivity contribution in [3.63, 3.8) is 0 Å². The lowest BCUT2D eigenvalue weighted by atomic mass is 10.1. The molecule has 19 heavy (non-hydrogen) atoms. The molecule has 1 amide bonds. The van der Waals surface area contributed by atoms with Gasteiger partial charge >= 0.3 is 5.97 Å². The van der Waals surface area contributed by atoms with Gasteiger partial charge in [0.25, 0.3) is 0 Å². The number of hydrogen-bond donors (Lipinski definition) is 3. The van der Waals surface area contributed by atoms with E-state index in [1.54, 1.807) is 30.3 Å². The first kappa shape index (κ1) is 15.2. The third-order valence-electron chi connectivity index (χ3n) is 2.79. The first-order valence-corrected chi connectivity index (χ1v) is 6.37. The van der Waals surface area contributed by atoms with Crippen LogP contribution in [-0.2, 0) is 9.59 Å². The molecule has 0 aliphatic carbocycles. The topological polar surface area (TPSA) is 92.4 Å². The number of benzene rings is 1. The van der Waals surface area contributed by atoms with Crippen molar-refractivity contribution < 1.29 is 14.7 Å². The van der Waals surface area contributed by atoms with Gasteiger partial charge < -0.3 is 16.2 Å². The molecule has 5 heteroatoms. The van der Waals surface area contributed by atoms with Crippen molar-refractivity contribution in [3.05, 3.63) is 35.9 Å². The van der Waals surface area contributed by atoms with Gasteiger partial charge in [-0.25, -0.2) is 4.79 Å². The van der Waals surface area contributed by atoms with Gasteiger partial charge in [0.05, 0.1) is 0 Å². The Balaban J connectivity index is 2.65. The molecular formula is C14H20N2O3. The third kappa shape index (κ3) is 5.09. The predicted octanol–water partition coefficient (Wildman–Crippen LogP) is 1.45. The van der Waals surface area contributed by atoms with Gasteiger partial charge in [-0.1, -0.05) is 43.7 Å². The molecule has 0 bridgehead atoms. The average molecular weight is 264 g/mol. The van der Waals surface area contributed by atoms with Crippen LogP contribution < -0.4 is 11.1 Å². The van der Waals surface area contributed by atoms with Crippen molar-refractivity contribution in [2.45, 2.75) is 38.3 Å². The molecule has 0 spiro atoms. The van der Waals surface area contributed by atoms with E-state index in [0.717, 1.165) is 12.8 Å². The summed E-state index contributed by atoms with van der Waals surface area (Å²) in [6.45, 7) is 1.99. The van der Waals surface area contributed by atoms with Crippen LogP contribution in [0.1, 0.15) is 37.8 Å². The van der Waals surface area contributed by atoms with E-state index in [4.69, 9.17) is 10.8 Å². The lowest BCUT2D eigenvalue weighted by Crippen LogP contribution is -2.37. The number of carboxylic acids is 1. The minimum absolute atomic E-state index is 0.143. The van der Waals surface area contributed by atoms with Crippen LogP contribution in [0.4, 0.5) is 0 Å². The maximum atomic E-state index is 11.8. The van der Waals surface area contributed by atoms with E-state index in [1.807, 2.05) is 6.92 Å². The van der Waals surface area contributed by atoms with Crippen molar-refractivity contribution in [2.24, 2.45) is 5.73 Å². The maximum Gasteiger partial charge on any atom is 0.330 e. The Morgan fingerprint density at radius 2 is 1.95 bits per heavy atom. The lowest BCUT2D eigenvalue weighted by Gasteiger charge is -2.16. The largest absolute Gasteiger partial charge is 0.479 e. The zero-order valence-corrected chi connectivity index (χ0v) is 11.0. The Kier molecular flexibility index (Phi) is 6.02. The molecule has 0 saturated heterocycles. The Bertz CT molecular complexity index is 420. The minimum Gasteiger partial charge on any atom is -0.479 e. The summed E-state index contributed by atoms with van der Waals surface area (Å²) in [5.74, 6) is -1.42. The van der Waals surface area contributed by atoms with E-state index in [-0.39, 0.29) is 18.4 Å². The summed E-state index contributed by atoms with van der Waals surface area (Å²) < 4.78 is 0. The second-order valence-electron chi connectivity index (χ2n) is 4.50. The van der Waals surface area contributed by atoms with E-state index in [0.29, 0.717) is 5.56 Å². The van der Waals surface area contributed by atoms with Crippen LogP contribution in [0.2, 0.25) is 0 Å². The molecule has 0 aromatic heterocycles. The molecule has 0 aliphatic heterocycles. The van der Waals surface area contributed by atoms with Crippen LogP contribution in [0, 0.1) is 0 Å². The van der Waals surface area contributed by atoms with E-state index in [9.17, 15) is 9.59 Å². The highest BCUT2D eigenvalue weighted by Crippen LogP contribution is 2.13. The number of hydrogen-bond acceptors (Lipinski definition) is 3. The first-order valence-electron chi connectivity index (χ1n) is 6.37. The van der Waals surface area contributed by atoms with Gasteiger partial charge in [-0.3, -0.25) is 4.79 Å².